The first-order valence-corrected chi connectivity index (χ1v) is 22.8. The standard InChI is InChI=1S/C46H74NO10P/c1-3-5-7-9-11-13-15-17-18-19-20-21-22-23-24-26-28-30-32-34-36-38-45(50)55-39-42(48)40-56-58(53,54)57-41-43(46(51)52)47-44(49)37-35-33-31-29-27-25-16-14-12-10-8-6-4-2/h5,7-8,10-11,13-14,16-18,20-21,23-24,28,30,42-43,48H,3-4,6,9,12,15,19,22,25-27,29,31-41H2,1-2H3,(H,47,49)(H,51,52)(H,53,54)/b7-5-,10-8-,13-11-,16-14-,18-17-,21-20-,24-23-,30-28-. The van der Waals surface area contributed by atoms with E-state index in [4.69, 9.17) is 13.8 Å². The van der Waals surface area contributed by atoms with E-state index in [0.717, 1.165) is 103 Å². The molecule has 0 rings (SSSR count). The van der Waals surface area contributed by atoms with E-state index in [2.05, 4.69) is 116 Å². The molecule has 12 heteroatoms. The number of allylic oxidation sites excluding steroid dienone is 16. The number of rotatable bonds is 38. The second-order valence-electron chi connectivity index (χ2n) is 13.8. The number of hydrogen-bond donors (Lipinski definition) is 4. The maximum absolute atomic E-state index is 12.3. The largest absolute Gasteiger partial charge is 0.480 e. The van der Waals surface area contributed by atoms with Gasteiger partial charge in [0.1, 0.15) is 12.7 Å². The Morgan fingerprint density at radius 2 is 1.00 bits per heavy atom. The topological polar surface area (TPSA) is 169 Å². The van der Waals surface area contributed by atoms with E-state index in [1.54, 1.807) is 0 Å². The molecule has 0 aliphatic rings. The van der Waals surface area contributed by atoms with Gasteiger partial charge in [-0.3, -0.25) is 18.6 Å². The van der Waals surface area contributed by atoms with Crippen molar-refractivity contribution in [1.29, 1.82) is 0 Å². The van der Waals surface area contributed by atoms with Gasteiger partial charge in [0.15, 0.2) is 6.04 Å². The number of hydrogen-bond acceptors (Lipinski definition) is 8. The van der Waals surface area contributed by atoms with Crippen LogP contribution in [0.15, 0.2) is 97.2 Å². The summed E-state index contributed by atoms with van der Waals surface area (Å²) >= 11 is 0. The van der Waals surface area contributed by atoms with Crippen molar-refractivity contribution < 1.29 is 47.8 Å². The molecule has 3 unspecified atom stereocenters. The zero-order valence-corrected chi connectivity index (χ0v) is 36.2. The number of nitrogens with one attached hydrogen (secondary N) is 1. The number of ether oxygens (including phenoxy) is 1. The van der Waals surface area contributed by atoms with E-state index in [1.165, 1.54) is 0 Å². The summed E-state index contributed by atoms with van der Waals surface area (Å²) in [5.41, 5.74) is 0. The lowest BCUT2D eigenvalue weighted by molar-refractivity contribution is -0.147. The van der Waals surface area contributed by atoms with Crippen LogP contribution in [0.3, 0.4) is 0 Å². The van der Waals surface area contributed by atoms with Crippen LogP contribution >= 0.6 is 7.82 Å². The Bertz CT molecular complexity index is 1350. The van der Waals surface area contributed by atoms with Crippen molar-refractivity contribution in [3.8, 4) is 0 Å². The fourth-order valence-corrected chi connectivity index (χ4v) is 5.83. The van der Waals surface area contributed by atoms with Gasteiger partial charge >= 0.3 is 19.8 Å². The summed E-state index contributed by atoms with van der Waals surface area (Å²) in [6.45, 7) is 2.33. The van der Waals surface area contributed by atoms with Crippen LogP contribution < -0.4 is 5.32 Å². The number of carbonyl (C=O) groups is 3. The van der Waals surface area contributed by atoms with Crippen molar-refractivity contribution >= 4 is 25.7 Å². The number of amides is 1. The van der Waals surface area contributed by atoms with Crippen LogP contribution in [-0.4, -0.2) is 64.9 Å². The van der Waals surface area contributed by atoms with Crippen molar-refractivity contribution in [2.24, 2.45) is 0 Å². The zero-order chi connectivity index (χ0) is 42.8. The van der Waals surface area contributed by atoms with Crippen LogP contribution in [0.2, 0.25) is 0 Å². The predicted molar refractivity (Wildman–Crippen MR) is 235 cm³/mol. The normalized spacial score (nSPS) is 14.7. The van der Waals surface area contributed by atoms with Gasteiger partial charge < -0.3 is 25.2 Å². The minimum Gasteiger partial charge on any atom is -0.480 e. The molecular weight excluding hydrogens is 757 g/mol. The fourth-order valence-electron chi connectivity index (χ4n) is 5.06. The van der Waals surface area contributed by atoms with E-state index in [-0.39, 0.29) is 12.8 Å². The van der Waals surface area contributed by atoms with E-state index < -0.39 is 57.6 Å². The van der Waals surface area contributed by atoms with Crippen LogP contribution in [0.5, 0.6) is 0 Å². The summed E-state index contributed by atoms with van der Waals surface area (Å²) in [4.78, 5) is 45.8. The lowest BCUT2D eigenvalue weighted by atomic mass is 10.1. The SMILES string of the molecule is CC/C=C\C/C=C\C/C=C\C/C=C\C/C=C\C/C=C\CCCCC(=O)OCC(O)COP(=O)(O)OCC(NC(=O)CCCCCCC/C=C\C/C=C\CCC)C(=O)O. The number of aliphatic hydroxyl groups excluding tert-OH is 1. The highest BCUT2D eigenvalue weighted by Gasteiger charge is 2.28. The van der Waals surface area contributed by atoms with Crippen molar-refractivity contribution in [1.82, 2.24) is 5.32 Å². The van der Waals surface area contributed by atoms with Crippen LogP contribution in [0.1, 0.15) is 142 Å². The van der Waals surface area contributed by atoms with Crippen LogP contribution in [0.25, 0.3) is 0 Å². The maximum Gasteiger partial charge on any atom is 0.472 e. The Hall–Kier alpha value is -3.60. The quantitative estimate of drug-likeness (QED) is 0.0203. The molecule has 58 heavy (non-hydrogen) atoms. The molecule has 3 atom stereocenters. The smallest absolute Gasteiger partial charge is 0.472 e. The lowest BCUT2D eigenvalue weighted by Crippen LogP contribution is -2.43. The molecule has 0 aromatic rings. The second-order valence-corrected chi connectivity index (χ2v) is 15.2. The number of unbranched alkanes of at least 4 members (excludes halogenated alkanes) is 8. The minimum absolute atomic E-state index is 0.120. The van der Waals surface area contributed by atoms with Crippen molar-refractivity contribution in [3.05, 3.63) is 97.2 Å². The average Bonchev–Trinajstić information content (AvgIpc) is 3.20. The molecule has 11 nitrogen and oxygen atoms in total. The summed E-state index contributed by atoms with van der Waals surface area (Å²) < 4.78 is 26.8. The van der Waals surface area contributed by atoms with Crippen LogP contribution in [-0.2, 0) is 32.7 Å². The van der Waals surface area contributed by atoms with Crippen LogP contribution in [0.4, 0.5) is 0 Å². The van der Waals surface area contributed by atoms with Gasteiger partial charge in [0.25, 0.3) is 0 Å². The van der Waals surface area contributed by atoms with Gasteiger partial charge in [-0.1, -0.05) is 137 Å². The number of aliphatic carboxylic acids is 1. The number of carbonyl (C=O) groups excluding carboxylic acids is 2. The first-order chi connectivity index (χ1) is 28.1. The molecule has 0 aromatic heterocycles. The van der Waals surface area contributed by atoms with E-state index >= 15 is 0 Å². The average molecular weight is 832 g/mol. The fraction of sp³-hybridized carbons (Fsp3) is 0.587. The molecule has 1 amide bonds. The molecule has 0 heterocycles. The van der Waals surface area contributed by atoms with Crippen molar-refractivity contribution in [2.75, 3.05) is 19.8 Å². The highest BCUT2D eigenvalue weighted by atomic mass is 31.2. The molecule has 0 spiro atoms. The Morgan fingerprint density at radius 3 is 1.52 bits per heavy atom. The molecule has 0 bridgehead atoms. The predicted octanol–water partition coefficient (Wildman–Crippen LogP) is 10.9. The highest BCUT2D eigenvalue weighted by Crippen LogP contribution is 2.43. The second kappa shape index (κ2) is 40.2. The van der Waals surface area contributed by atoms with Crippen LogP contribution in [0, 0.1) is 0 Å². The first kappa shape index (κ1) is 54.4. The van der Waals surface area contributed by atoms with Gasteiger partial charge in [0.05, 0.1) is 13.2 Å². The Balaban J connectivity index is 4.01. The van der Waals surface area contributed by atoms with Gasteiger partial charge in [0.2, 0.25) is 5.91 Å². The Kier molecular flexibility index (Phi) is 37.7. The number of aliphatic hydroxyl groups is 1. The molecule has 4 N–H and O–H groups in total. The molecular formula is C46H74NO10P. The molecule has 0 aliphatic carbocycles. The number of carboxylic acids is 1. The van der Waals surface area contributed by atoms with Crippen molar-refractivity contribution in [3.63, 3.8) is 0 Å². The molecule has 0 radical (unpaired) electrons. The maximum atomic E-state index is 12.3. The summed E-state index contributed by atoms with van der Waals surface area (Å²) in [5.74, 6) is -2.46. The number of esters is 1. The molecule has 328 valence electrons. The summed E-state index contributed by atoms with van der Waals surface area (Å²) in [7, 11) is -4.78. The van der Waals surface area contributed by atoms with Gasteiger partial charge in [0, 0.05) is 12.8 Å². The molecule has 0 aliphatic heterocycles. The third-order valence-electron chi connectivity index (χ3n) is 8.34. The summed E-state index contributed by atoms with van der Waals surface area (Å²) in [6.07, 6.45) is 50.1. The third-order valence-corrected chi connectivity index (χ3v) is 9.29. The monoisotopic (exact) mass is 832 g/mol. The van der Waals surface area contributed by atoms with Gasteiger partial charge in [-0.05, 0) is 89.9 Å². The zero-order valence-electron chi connectivity index (χ0n) is 35.3. The minimum atomic E-state index is -4.78. The van der Waals surface area contributed by atoms with E-state index in [9.17, 15) is 34.1 Å². The molecule has 0 fully saturated rings. The molecule has 0 saturated carbocycles. The van der Waals surface area contributed by atoms with Gasteiger partial charge in [-0.25, -0.2) is 9.36 Å². The van der Waals surface area contributed by atoms with E-state index in [0.29, 0.717) is 12.8 Å². The van der Waals surface area contributed by atoms with E-state index in [1.807, 2.05) is 0 Å². The Morgan fingerprint density at radius 1 is 0.569 bits per heavy atom. The van der Waals surface area contributed by atoms with Gasteiger partial charge in [-0.15, -0.1) is 0 Å². The molecule has 0 aromatic carbocycles. The number of phosphoric ester groups is 1. The number of carboxylic acid groups (broad SMARTS) is 1. The van der Waals surface area contributed by atoms with Crippen molar-refractivity contribution in [2.45, 2.75) is 154 Å². The first-order valence-electron chi connectivity index (χ1n) is 21.3. The summed E-state index contributed by atoms with van der Waals surface area (Å²) in [6, 6.07) is -1.56. The van der Waals surface area contributed by atoms with Gasteiger partial charge in [-0.2, -0.15) is 0 Å². The highest BCUT2D eigenvalue weighted by molar-refractivity contribution is 7.47. The lowest BCUT2D eigenvalue weighted by Gasteiger charge is -2.18. The third kappa shape index (κ3) is 39.2. The summed E-state index contributed by atoms with van der Waals surface area (Å²) in [5, 5.41) is 21.8. The molecule has 0 saturated heterocycles. The number of phosphoric acid groups is 1. The Labute approximate surface area is 349 Å².